The molecule has 0 unspecified atom stereocenters. The van der Waals surface area contributed by atoms with Crippen LogP contribution < -0.4 is 5.32 Å². The SMILES string of the molecule is Cc1cn(-c2ccnc3[nH]c(-c4n[nH]c5ncc(-c6cncc(CNCC7CCCC7)c6)cc45)nc23)cn1. The molecule has 6 heterocycles. The molecule has 190 valence electrons. The van der Waals surface area contributed by atoms with Gasteiger partial charge in [-0.1, -0.05) is 12.8 Å². The molecule has 6 aromatic rings. The molecule has 1 fully saturated rings. The minimum absolute atomic E-state index is 0.630. The van der Waals surface area contributed by atoms with Gasteiger partial charge in [0.05, 0.1) is 23.1 Å². The Balaban J connectivity index is 1.20. The molecule has 0 amide bonds. The Morgan fingerprint density at radius 1 is 1.03 bits per heavy atom. The van der Waals surface area contributed by atoms with Crippen LogP contribution in [0.1, 0.15) is 36.9 Å². The number of H-pyrrole nitrogens is 2. The molecule has 7 rings (SSSR count). The fraction of sp³-hybridized carbons (Fsp3) is 0.286. The van der Waals surface area contributed by atoms with Crippen molar-refractivity contribution in [2.45, 2.75) is 39.2 Å². The standard InChI is InChI=1S/C28H28N10/c1-17-15-38(16-33-17)23-6-7-31-27-25(23)34-28(35-27)24-22-9-21(14-32-26(22)37-36-24)20-8-19(12-30-13-20)11-29-10-18-4-2-3-5-18/h6-9,12-16,18,29H,2-5,10-11H2,1H3,(H,31,34,35)(H,32,36,37). The Kier molecular flexibility index (Phi) is 5.66. The summed E-state index contributed by atoms with van der Waals surface area (Å²) < 4.78 is 1.95. The van der Waals surface area contributed by atoms with Gasteiger partial charge in [0.15, 0.2) is 17.1 Å². The van der Waals surface area contributed by atoms with Crippen LogP contribution in [0.15, 0.2) is 55.5 Å². The van der Waals surface area contributed by atoms with Crippen LogP contribution in [0.4, 0.5) is 0 Å². The maximum Gasteiger partial charge on any atom is 0.161 e. The third kappa shape index (κ3) is 4.22. The van der Waals surface area contributed by atoms with Crippen LogP contribution in [0.5, 0.6) is 0 Å². The number of aromatic amines is 2. The number of aryl methyl sites for hydroxylation is 1. The highest BCUT2D eigenvalue weighted by Crippen LogP contribution is 2.30. The van der Waals surface area contributed by atoms with E-state index >= 15 is 0 Å². The average Bonchev–Trinajstić information content (AvgIpc) is 3.74. The molecule has 1 saturated carbocycles. The summed E-state index contributed by atoms with van der Waals surface area (Å²) in [5.41, 5.74) is 7.84. The van der Waals surface area contributed by atoms with Crippen molar-refractivity contribution >= 4 is 22.2 Å². The van der Waals surface area contributed by atoms with Crippen molar-refractivity contribution in [1.29, 1.82) is 0 Å². The Bertz CT molecular complexity index is 1740. The van der Waals surface area contributed by atoms with Crippen LogP contribution in [0, 0.1) is 12.8 Å². The summed E-state index contributed by atoms with van der Waals surface area (Å²) in [4.78, 5) is 26.2. The molecule has 38 heavy (non-hydrogen) atoms. The van der Waals surface area contributed by atoms with Gasteiger partial charge in [-0.15, -0.1) is 0 Å². The van der Waals surface area contributed by atoms with Gasteiger partial charge in [-0.05, 0) is 56.0 Å². The van der Waals surface area contributed by atoms with E-state index in [-0.39, 0.29) is 0 Å². The first-order valence-electron chi connectivity index (χ1n) is 13.1. The Morgan fingerprint density at radius 2 is 1.92 bits per heavy atom. The van der Waals surface area contributed by atoms with Crippen LogP contribution in [0.3, 0.4) is 0 Å². The van der Waals surface area contributed by atoms with E-state index in [1.807, 2.05) is 42.3 Å². The summed E-state index contributed by atoms with van der Waals surface area (Å²) in [5, 5.41) is 12.1. The summed E-state index contributed by atoms with van der Waals surface area (Å²) in [6.07, 6.45) is 16.6. The summed E-state index contributed by atoms with van der Waals surface area (Å²) in [7, 11) is 0. The van der Waals surface area contributed by atoms with E-state index in [9.17, 15) is 0 Å². The number of nitrogens with one attached hydrogen (secondary N) is 3. The number of nitrogens with zero attached hydrogens (tertiary/aromatic N) is 7. The van der Waals surface area contributed by atoms with Crippen LogP contribution in [-0.2, 0) is 6.54 Å². The van der Waals surface area contributed by atoms with Gasteiger partial charge in [0.2, 0.25) is 0 Å². The highest BCUT2D eigenvalue weighted by atomic mass is 15.2. The van der Waals surface area contributed by atoms with Gasteiger partial charge in [-0.3, -0.25) is 10.1 Å². The molecular formula is C28H28N10. The minimum atomic E-state index is 0.630. The average molecular weight is 505 g/mol. The van der Waals surface area contributed by atoms with Crippen molar-refractivity contribution in [1.82, 2.24) is 50.0 Å². The zero-order valence-corrected chi connectivity index (χ0v) is 21.1. The minimum Gasteiger partial charge on any atom is -0.321 e. The molecular weight excluding hydrogens is 476 g/mol. The third-order valence-corrected chi connectivity index (χ3v) is 7.36. The summed E-state index contributed by atoms with van der Waals surface area (Å²) in [6.45, 7) is 3.85. The maximum absolute atomic E-state index is 4.88. The molecule has 6 aromatic heterocycles. The predicted octanol–water partition coefficient (Wildman–Crippen LogP) is 4.73. The number of pyridine rings is 3. The second kappa shape index (κ2) is 9.46. The van der Waals surface area contributed by atoms with E-state index in [1.165, 1.54) is 31.2 Å². The number of aromatic nitrogens is 9. The molecule has 0 bridgehead atoms. The van der Waals surface area contributed by atoms with Crippen molar-refractivity contribution in [3.05, 3.63) is 66.8 Å². The third-order valence-electron chi connectivity index (χ3n) is 7.36. The van der Waals surface area contributed by atoms with E-state index < -0.39 is 0 Å². The first-order chi connectivity index (χ1) is 18.7. The van der Waals surface area contributed by atoms with Crippen LogP contribution in [-0.4, -0.2) is 51.2 Å². The lowest BCUT2D eigenvalue weighted by Gasteiger charge is -2.11. The number of rotatable bonds is 7. The molecule has 0 atom stereocenters. The highest BCUT2D eigenvalue weighted by molar-refractivity contribution is 5.94. The lowest BCUT2D eigenvalue weighted by Crippen LogP contribution is -2.20. The van der Waals surface area contributed by atoms with E-state index in [4.69, 9.17) is 4.98 Å². The van der Waals surface area contributed by atoms with Gasteiger partial charge in [0.1, 0.15) is 11.2 Å². The van der Waals surface area contributed by atoms with Crippen molar-refractivity contribution < 1.29 is 0 Å². The van der Waals surface area contributed by atoms with Crippen LogP contribution in [0.2, 0.25) is 0 Å². The number of fused-ring (bicyclic) bond motifs is 2. The lowest BCUT2D eigenvalue weighted by atomic mass is 10.1. The van der Waals surface area contributed by atoms with Crippen LogP contribution in [0.25, 0.3) is 50.5 Å². The van der Waals surface area contributed by atoms with E-state index in [2.05, 4.69) is 52.6 Å². The van der Waals surface area contributed by atoms with Crippen molar-refractivity contribution in [3.8, 4) is 28.3 Å². The molecule has 1 aliphatic rings. The quantitative estimate of drug-likeness (QED) is 0.287. The van der Waals surface area contributed by atoms with Gasteiger partial charge in [0, 0.05) is 48.7 Å². The predicted molar refractivity (Wildman–Crippen MR) is 146 cm³/mol. The summed E-state index contributed by atoms with van der Waals surface area (Å²) in [6, 6.07) is 6.20. The Labute approximate surface area is 219 Å². The van der Waals surface area contributed by atoms with Gasteiger partial charge in [-0.25, -0.2) is 19.9 Å². The van der Waals surface area contributed by atoms with Gasteiger partial charge in [-0.2, -0.15) is 5.10 Å². The monoisotopic (exact) mass is 504 g/mol. The number of hydrogen-bond acceptors (Lipinski definition) is 7. The molecule has 10 heteroatoms. The first kappa shape index (κ1) is 22.7. The molecule has 0 spiro atoms. The second-order valence-electron chi connectivity index (χ2n) is 10.1. The summed E-state index contributed by atoms with van der Waals surface area (Å²) >= 11 is 0. The molecule has 3 N–H and O–H groups in total. The van der Waals surface area contributed by atoms with Gasteiger partial charge >= 0.3 is 0 Å². The van der Waals surface area contributed by atoms with Crippen molar-refractivity contribution in [3.63, 3.8) is 0 Å². The van der Waals surface area contributed by atoms with Gasteiger partial charge in [0.25, 0.3) is 0 Å². The van der Waals surface area contributed by atoms with Crippen molar-refractivity contribution in [2.24, 2.45) is 5.92 Å². The topological polar surface area (TPSA) is 126 Å². The maximum atomic E-state index is 4.88. The smallest absolute Gasteiger partial charge is 0.161 e. The normalized spacial score (nSPS) is 14.2. The summed E-state index contributed by atoms with van der Waals surface area (Å²) in [5.74, 6) is 1.44. The zero-order chi connectivity index (χ0) is 25.5. The largest absolute Gasteiger partial charge is 0.321 e. The van der Waals surface area contributed by atoms with Crippen LogP contribution >= 0.6 is 0 Å². The fourth-order valence-corrected chi connectivity index (χ4v) is 5.39. The number of imidazole rings is 2. The van der Waals surface area contributed by atoms with E-state index in [0.717, 1.165) is 52.4 Å². The van der Waals surface area contributed by atoms with E-state index in [0.29, 0.717) is 22.8 Å². The molecule has 0 radical (unpaired) electrons. The highest BCUT2D eigenvalue weighted by Gasteiger charge is 2.18. The zero-order valence-electron chi connectivity index (χ0n) is 21.1. The Hall–Kier alpha value is -4.44. The number of hydrogen-bond donors (Lipinski definition) is 3. The molecule has 10 nitrogen and oxygen atoms in total. The van der Waals surface area contributed by atoms with Gasteiger partial charge < -0.3 is 14.9 Å². The molecule has 0 aromatic carbocycles. The second-order valence-corrected chi connectivity index (χ2v) is 10.1. The van der Waals surface area contributed by atoms with E-state index in [1.54, 1.807) is 12.5 Å². The van der Waals surface area contributed by atoms with Crippen molar-refractivity contribution in [2.75, 3.05) is 6.54 Å². The molecule has 1 aliphatic carbocycles. The Morgan fingerprint density at radius 3 is 2.79 bits per heavy atom. The molecule has 0 aliphatic heterocycles. The molecule has 0 saturated heterocycles. The first-order valence-corrected chi connectivity index (χ1v) is 13.1. The fourth-order valence-electron chi connectivity index (χ4n) is 5.39. The lowest BCUT2D eigenvalue weighted by molar-refractivity contribution is 0.489.